The van der Waals surface area contributed by atoms with Crippen LogP contribution in [-0.4, -0.2) is 18.5 Å². The molecule has 138 valence electrons. The molecule has 1 heterocycles. The Morgan fingerprint density at radius 2 is 2.08 bits per heavy atom. The monoisotopic (exact) mass is 379 g/mol. The summed E-state index contributed by atoms with van der Waals surface area (Å²) < 4.78 is 31.0. The molecule has 2 aromatic rings. The number of benzene rings is 1. The van der Waals surface area contributed by atoms with E-state index in [1.165, 1.54) is 27.8 Å². The summed E-state index contributed by atoms with van der Waals surface area (Å²) in [6.07, 6.45) is 4.21. The summed E-state index contributed by atoms with van der Waals surface area (Å²) in [6.45, 7) is 1.68. The van der Waals surface area contributed by atoms with E-state index in [-0.39, 0.29) is 5.69 Å². The predicted molar refractivity (Wildman–Crippen MR) is 95.4 cm³/mol. The number of halogens is 2. The Morgan fingerprint density at radius 1 is 1.27 bits per heavy atom. The van der Waals surface area contributed by atoms with Crippen molar-refractivity contribution < 1.29 is 23.1 Å². The van der Waals surface area contributed by atoms with Gasteiger partial charge in [-0.15, -0.1) is 11.3 Å². The minimum Gasteiger partial charge on any atom is -0.451 e. The normalized spacial score (nSPS) is 16.0. The van der Waals surface area contributed by atoms with Gasteiger partial charge in [-0.1, -0.05) is 13.3 Å². The minimum atomic E-state index is -1.06. The number of thiophene rings is 1. The number of esters is 1. The van der Waals surface area contributed by atoms with E-state index in [0.717, 1.165) is 37.8 Å². The molecule has 7 heteroatoms. The quantitative estimate of drug-likeness (QED) is 0.787. The van der Waals surface area contributed by atoms with E-state index in [1.54, 1.807) is 0 Å². The van der Waals surface area contributed by atoms with Crippen molar-refractivity contribution in [2.45, 2.75) is 32.6 Å². The van der Waals surface area contributed by atoms with Gasteiger partial charge in [-0.2, -0.15) is 0 Å². The van der Waals surface area contributed by atoms with Gasteiger partial charge in [0.25, 0.3) is 5.91 Å². The lowest BCUT2D eigenvalue weighted by molar-refractivity contribution is -0.119. The number of carbonyl (C=O) groups excluding carboxylic acids is 2. The molecule has 1 N–H and O–H groups in total. The summed E-state index contributed by atoms with van der Waals surface area (Å²) in [4.78, 5) is 25.7. The maximum Gasteiger partial charge on any atom is 0.348 e. The Morgan fingerprint density at radius 3 is 2.81 bits per heavy atom. The summed E-state index contributed by atoms with van der Waals surface area (Å²) in [5, 5.41) is 2.36. The van der Waals surface area contributed by atoms with Gasteiger partial charge in [0.15, 0.2) is 18.2 Å². The molecule has 1 aliphatic carbocycles. The van der Waals surface area contributed by atoms with Gasteiger partial charge in [-0.25, -0.2) is 13.6 Å². The van der Waals surface area contributed by atoms with Crippen LogP contribution in [0.2, 0.25) is 0 Å². The van der Waals surface area contributed by atoms with Crippen LogP contribution in [0.3, 0.4) is 0 Å². The molecule has 0 saturated heterocycles. The molecular weight excluding hydrogens is 360 g/mol. The summed E-state index contributed by atoms with van der Waals surface area (Å²) in [7, 11) is 0. The molecule has 1 aromatic heterocycles. The standard InChI is InChI=1S/C19H19F2NO3S/c1-2-11-3-6-16-12(7-11)8-17(26-16)19(24)25-10-18(23)22-13-4-5-14(20)15(21)9-13/h4-5,8-9,11H,2-3,6-7,10H2,1H3,(H,22,23)/t11-/m1/s1. The third-order valence-electron chi connectivity index (χ3n) is 4.50. The van der Waals surface area contributed by atoms with Gasteiger partial charge in [0, 0.05) is 16.6 Å². The van der Waals surface area contributed by atoms with Gasteiger partial charge in [0.1, 0.15) is 4.88 Å². The Bertz CT molecular complexity index is 834. The van der Waals surface area contributed by atoms with E-state index in [1.807, 2.05) is 6.07 Å². The van der Waals surface area contributed by atoms with Crippen LogP contribution in [0.5, 0.6) is 0 Å². The Hall–Kier alpha value is -2.28. The van der Waals surface area contributed by atoms with E-state index in [0.29, 0.717) is 10.8 Å². The first-order chi connectivity index (χ1) is 12.5. The van der Waals surface area contributed by atoms with Crippen LogP contribution in [0.1, 0.15) is 39.9 Å². The number of hydrogen-bond acceptors (Lipinski definition) is 4. The van der Waals surface area contributed by atoms with Crippen LogP contribution >= 0.6 is 11.3 Å². The van der Waals surface area contributed by atoms with E-state index < -0.39 is 30.1 Å². The third kappa shape index (κ3) is 4.27. The van der Waals surface area contributed by atoms with Gasteiger partial charge in [0.2, 0.25) is 0 Å². The highest BCUT2D eigenvalue weighted by Gasteiger charge is 2.23. The lowest BCUT2D eigenvalue weighted by Gasteiger charge is -2.19. The highest BCUT2D eigenvalue weighted by molar-refractivity contribution is 7.14. The van der Waals surface area contributed by atoms with Gasteiger partial charge in [-0.05, 0) is 48.9 Å². The molecule has 0 bridgehead atoms. The Balaban J connectivity index is 1.54. The second-order valence-corrected chi connectivity index (χ2v) is 7.47. The number of carbonyl (C=O) groups is 2. The summed E-state index contributed by atoms with van der Waals surface area (Å²) >= 11 is 1.42. The van der Waals surface area contributed by atoms with Crippen LogP contribution in [0.15, 0.2) is 24.3 Å². The van der Waals surface area contributed by atoms with Crippen LogP contribution < -0.4 is 5.32 Å². The van der Waals surface area contributed by atoms with Gasteiger partial charge in [0.05, 0.1) is 0 Å². The number of anilines is 1. The van der Waals surface area contributed by atoms with Crippen molar-refractivity contribution >= 4 is 28.9 Å². The molecule has 1 atom stereocenters. The van der Waals surface area contributed by atoms with Gasteiger partial charge in [-0.3, -0.25) is 4.79 Å². The SMILES string of the molecule is CC[C@@H]1CCc2sc(C(=O)OCC(=O)Nc3ccc(F)c(F)c3)cc2C1. The molecule has 0 spiro atoms. The van der Waals surface area contributed by atoms with Crippen LogP contribution in [-0.2, 0) is 22.4 Å². The second-order valence-electron chi connectivity index (χ2n) is 6.33. The topological polar surface area (TPSA) is 55.4 Å². The highest BCUT2D eigenvalue weighted by Crippen LogP contribution is 2.33. The van der Waals surface area contributed by atoms with Crippen molar-refractivity contribution in [2.75, 3.05) is 11.9 Å². The molecule has 0 aliphatic heterocycles. The molecule has 26 heavy (non-hydrogen) atoms. The van der Waals surface area contributed by atoms with Gasteiger partial charge < -0.3 is 10.1 Å². The molecular formula is C19H19F2NO3S. The smallest absolute Gasteiger partial charge is 0.348 e. The van der Waals surface area contributed by atoms with Crippen LogP contribution in [0, 0.1) is 17.6 Å². The first-order valence-corrected chi connectivity index (χ1v) is 9.31. The molecule has 0 unspecified atom stereocenters. The second kappa shape index (κ2) is 7.95. The Labute approximate surface area is 154 Å². The van der Waals surface area contributed by atoms with E-state index in [9.17, 15) is 18.4 Å². The van der Waals surface area contributed by atoms with Crippen molar-refractivity contribution in [1.29, 1.82) is 0 Å². The molecule has 0 fully saturated rings. The average molecular weight is 379 g/mol. The van der Waals surface area contributed by atoms with Crippen molar-refractivity contribution in [3.63, 3.8) is 0 Å². The molecule has 0 radical (unpaired) electrons. The first-order valence-electron chi connectivity index (χ1n) is 8.50. The lowest BCUT2D eigenvalue weighted by atomic mass is 9.87. The number of fused-ring (bicyclic) bond motifs is 1. The Kier molecular flexibility index (Phi) is 5.66. The van der Waals surface area contributed by atoms with E-state index in [2.05, 4.69) is 12.2 Å². The lowest BCUT2D eigenvalue weighted by Crippen LogP contribution is -2.20. The molecule has 1 aromatic carbocycles. The van der Waals surface area contributed by atoms with Crippen molar-refractivity contribution in [2.24, 2.45) is 5.92 Å². The summed E-state index contributed by atoms with van der Waals surface area (Å²) in [5.41, 5.74) is 1.30. The van der Waals surface area contributed by atoms with Crippen LogP contribution in [0.25, 0.3) is 0 Å². The minimum absolute atomic E-state index is 0.0992. The molecule has 3 rings (SSSR count). The maximum absolute atomic E-state index is 13.1. The largest absolute Gasteiger partial charge is 0.451 e. The number of hydrogen-bond donors (Lipinski definition) is 1. The zero-order valence-electron chi connectivity index (χ0n) is 14.3. The number of ether oxygens (including phenoxy) is 1. The predicted octanol–water partition coefficient (Wildman–Crippen LogP) is 4.34. The fourth-order valence-electron chi connectivity index (χ4n) is 3.02. The first kappa shape index (κ1) is 18.5. The van der Waals surface area contributed by atoms with Crippen molar-refractivity contribution in [3.05, 3.63) is 51.2 Å². The zero-order chi connectivity index (χ0) is 18.7. The fourth-order valence-corrected chi connectivity index (χ4v) is 4.12. The third-order valence-corrected chi connectivity index (χ3v) is 5.72. The van der Waals surface area contributed by atoms with Crippen molar-refractivity contribution in [1.82, 2.24) is 0 Å². The molecule has 1 amide bonds. The number of nitrogens with one attached hydrogen (secondary N) is 1. The molecule has 4 nitrogen and oxygen atoms in total. The fraction of sp³-hybridized carbons (Fsp3) is 0.368. The van der Waals surface area contributed by atoms with Gasteiger partial charge >= 0.3 is 5.97 Å². The highest BCUT2D eigenvalue weighted by atomic mass is 32.1. The number of amides is 1. The maximum atomic E-state index is 13.1. The molecule has 1 aliphatic rings. The molecule has 0 saturated carbocycles. The zero-order valence-corrected chi connectivity index (χ0v) is 15.1. The number of aryl methyl sites for hydroxylation is 1. The average Bonchev–Trinajstić information content (AvgIpc) is 3.06. The van der Waals surface area contributed by atoms with Crippen molar-refractivity contribution in [3.8, 4) is 0 Å². The number of rotatable bonds is 5. The van der Waals surface area contributed by atoms with E-state index >= 15 is 0 Å². The summed E-state index contributed by atoms with van der Waals surface area (Å²) in [5.74, 6) is -2.56. The van der Waals surface area contributed by atoms with E-state index in [4.69, 9.17) is 4.74 Å². The van der Waals surface area contributed by atoms with Crippen LogP contribution in [0.4, 0.5) is 14.5 Å². The summed E-state index contributed by atoms with van der Waals surface area (Å²) in [6, 6.07) is 4.87.